The van der Waals surface area contributed by atoms with E-state index in [9.17, 15) is 4.79 Å². The summed E-state index contributed by atoms with van der Waals surface area (Å²) in [7, 11) is 3.22. The number of rotatable bonds is 4. The maximum atomic E-state index is 13.0. The summed E-state index contributed by atoms with van der Waals surface area (Å²) in [6.45, 7) is 2.04. The van der Waals surface area contributed by atoms with Crippen LogP contribution in [0.1, 0.15) is 36.4 Å². The summed E-state index contributed by atoms with van der Waals surface area (Å²) in [4.78, 5) is 17.8. The molecule has 1 N–H and O–H groups in total. The Labute approximate surface area is 180 Å². The number of fused-ring (bicyclic) bond motifs is 1. The summed E-state index contributed by atoms with van der Waals surface area (Å²) >= 11 is 0. The number of ether oxygens (including phenoxy) is 2. The van der Waals surface area contributed by atoms with Crippen molar-refractivity contribution in [2.75, 3.05) is 19.5 Å². The summed E-state index contributed by atoms with van der Waals surface area (Å²) in [6, 6.07) is 13.5. The van der Waals surface area contributed by atoms with Gasteiger partial charge >= 0.3 is 0 Å². The van der Waals surface area contributed by atoms with E-state index in [1.54, 1.807) is 14.2 Å². The number of aryl methyl sites for hydroxylation is 1. The average molecular weight is 416 g/mol. The fourth-order valence-electron chi connectivity index (χ4n) is 4.39. The van der Waals surface area contributed by atoms with Crippen LogP contribution in [0.5, 0.6) is 11.5 Å². The highest BCUT2D eigenvalue weighted by Crippen LogP contribution is 2.42. The molecule has 0 fully saturated rings. The highest BCUT2D eigenvalue weighted by Gasteiger charge is 2.37. The van der Waals surface area contributed by atoms with Crippen molar-refractivity contribution in [3.63, 3.8) is 0 Å². The van der Waals surface area contributed by atoms with Crippen LogP contribution >= 0.6 is 0 Å². The second-order valence-corrected chi connectivity index (χ2v) is 7.88. The zero-order valence-electron chi connectivity index (χ0n) is 17.8. The number of hydrogen-bond donors (Lipinski definition) is 1. The molecule has 2 heterocycles. The lowest BCUT2D eigenvalue weighted by Gasteiger charge is -2.32. The Bertz CT molecular complexity index is 1210. The van der Waals surface area contributed by atoms with E-state index in [1.165, 1.54) is 0 Å². The van der Waals surface area contributed by atoms with Crippen LogP contribution in [-0.4, -0.2) is 34.8 Å². The molecule has 0 saturated heterocycles. The fourth-order valence-corrected chi connectivity index (χ4v) is 4.39. The van der Waals surface area contributed by atoms with Crippen LogP contribution in [0.15, 0.2) is 53.7 Å². The van der Waals surface area contributed by atoms with E-state index >= 15 is 0 Å². The van der Waals surface area contributed by atoms with Crippen LogP contribution in [0, 0.1) is 6.92 Å². The second kappa shape index (κ2) is 7.58. The van der Waals surface area contributed by atoms with Crippen LogP contribution in [0.4, 0.5) is 5.95 Å². The van der Waals surface area contributed by atoms with Crippen molar-refractivity contribution >= 4 is 11.7 Å². The second-order valence-electron chi connectivity index (χ2n) is 7.88. The molecule has 0 spiro atoms. The van der Waals surface area contributed by atoms with Crippen molar-refractivity contribution < 1.29 is 14.3 Å². The average Bonchev–Trinajstić information content (AvgIpc) is 3.21. The number of allylic oxidation sites excluding steroid dienone is 2. The fraction of sp³-hybridized carbons (Fsp3) is 0.292. The van der Waals surface area contributed by atoms with Gasteiger partial charge in [0, 0.05) is 23.3 Å². The molecule has 0 amide bonds. The van der Waals surface area contributed by atoms with Gasteiger partial charge in [-0.15, -0.1) is 5.10 Å². The van der Waals surface area contributed by atoms with Gasteiger partial charge in [-0.1, -0.05) is 29.8 Å². The summed E-state index contributed by atoms with van der Waals surface area (Å²) in [5.41, 5.74) is 4.68. The van der Waals surface area contributed by atoms with Gasteiger partial charge in [-0.2, -0.15) is 4.98 Å². The van der Waals surface area contributed by atoms with Gasteiger partial charge in [0.15, 0.2) is 23.1 Å². The number of ketones is 1. The topological polar surface area (TPSA) is 78.3 Å². The van der Waals surface area contributed by atoms with Gasteiger partial charge < -0.3 is 14.8 Å². The zero-order chi connectivity index (χ0) is 21.5. The summed E-state index contributed by atoms with van der Waals surface area (Å²) in [5, 5.41) is 8.21. The van der Waals surface area contributed by atoms with Gasteiger partial charge in [0.2, 0.25) is 5.95 Å². The molecule has 1 aliphatic heterocycles. The van der Waals surface area contributed by atoms with Gasteiger partial charge in [0.05, 0.1) is 14.2 Å². The lowest BCUT2D eigenvalue weighted by Crippen LogP contribution is -2.31. The minimum absolute atomic E-state index is 0.145. The van der Waals surface area contributed by atoms with E-state index in [1.807, 2.05) is 48.0 Å². The standard InChI is InChI=1S/C24H24N4O3/c1-14-6-4-7-16(12-14)23-26-24-25-17-8-5-9-18(29)21(17)22(28(24)27-23)15-10-11-19(30-2)20(13-15)31-3/h4,6-7,10-13,22H,5,8-9H2,1-3H3,(H,25,26,27)/t22-/m1/s1. The Balaban J connectivity index is 1.68. The summed E-state index contributed by atoms with van der Waals surface area (Å²) < 4.78 is 12.7. The number of carbonyl (C=O) groups excluding carboxylic acids is 1. The molecule has 31 heavy (non-hydrogen) atoms. The number of Topliss-reactive ketones (excluding diaryl/α,β-unsaturated/α-hetero) is 1. The Kier molecular flexibility index (Phi) is 4.73. The van der Waals surface area contributed by atoms with Gasteiger partial charge in [0.1, 0.15) is 6.04 Å². The van der Waals surface area contributed by atoms with Crippen LogP contribution in [-0.2, 0) is 4.79 Å². The number of nitrogens with one attached hydrogen (secondary N) is 1. The Morgan fingerprint density at radius 2 is 1.90 bits per heavy atom. The van der Waals surface area contributed by atoms with Crippen LogP contribution in [0.2, 0.25) is 0 Å². The maximum Gasteiger partial charge on any atom is 0.226 e. The quantitative estimate of drug-likeness (QED) is 0.684. The molecule has 0 bridgehead atoms. The summed E-state index contributed by atoms with van der Waals surface area (Å²) in [6.07, 6.45) is 2.19. The third-order valence-electron chi connectivity index (χ3n) is 5.87. The van der Waals surface area contributed by atoms with Gasteiger partial charge in [-0.05, 0) is 43.5 Å². The van der Waals surface area contributed by atoms with Crippen molar-refractivity contribution in [3.05, 3.63) is 64.9 Å². The Morgan fingerprint density at radius 1 is 1.06 bits per heavy atom. The minimum Gasteiger partial charge on any atom is -0.493 e. The van der Waals surface area contributed by atoms with Gasteiger partial charge in [-0.25, -0.2) is 4.68 Å². The first-order valence-corrected chi connectivity index (χ1v) is 10.4. The third kappa shape index (κ3) is 3.26. The number of anilines is 1. The van der Waals surface area contributed by atoms with E-state index < -0.39 is 0 Å². The van der Waals surface area contributed by atoms with E-state index in [0.29, 0.717) is 29.7 Å². The van der Waals surface area contributed by atoms with E-state index in [-0.39, 0.29) is 11.8 Å². The first kappa shape index (κ1) is 19.4. The van der Waals surface area contributed by atoms with Crippen LogP contribution < -0.4 is 14.8 Å². The zero-order valence-corrected chi connectivity index (χ0v) is 17.8. The summed E-state index contributed by atoms with van der Waals surface area (Å²) in [5.74, 6) is 2.67. The number of hydrogen-bond acceptors (Lipinski definition) is 6. The minimum atomic E-state index is -0.370. The largest absolute Gasteiger partial charge is 0.493 e. The predicted octanol–water partition coefficient (Wildman–Crippen LogP) is 4.29. The molecule has 0 radical (unpaired) electrons. The van der Waals surface area contributed by atoms with Crippen molar-refractivity contribution in [2.45, 2.75) is 32.2 Å². The van der Waals surface area contributed by atoms with Crippen molar-refractivity contribution in [3.8, 4) is 22.9 Å². The molecule has 3 aromatic rings. The molecular weight excluding hydrogens is 392 g/mol. The molecule has 2 aliphatic rings. The van der Waals surface area contributed by atoms with Crippen LogP contribution in [0.3, 0.4) is 0 Å². The molecule has 1 atom stereocenters. The molecule has 5 rings (SSSR count). The first-order chi connectivity index (χ1) is 15.1. The monoisotopic (exact) mass is 416 g/mol. The molecule has 0 unspecified atom stereocenters. The normalized spacial score (nSPS) is 17.6. The van der Waals surface area contributed by atoms with E-state index in [4.69, 9.17) is 19.6 Å². The number of benzene rings is 2. The molecule has 1 aliphatic carbocycles. The smallest absolute Gasteiger partial charge is 0.226 e. The van der Waals surface area contributed by atoms with Crippen molar-refractivity contribution in [1.82, 2.24) is 14.8 Å². The highest BCUT2D eigenvalue weighted by molar-refractivity contribution is 5.99. The van der Waals surface area contributed by atoms with Crippen molar-refractivity contribution in [2.24, 2.45) is 0 Å². The first-order valence-electron chi connectivity index (χ1n) is 10.4. The van der Waals surface area contributed by atoms with Crippen molar-refractivity contribution in [1.29, 1.82) is 0 Å². The maximum absolute atomic E-state index is 13.0. The Hall–Kier alpha value is -3.61. The molecule has 7 heteroatoms. The number of nitrogens with zero attached hydrogens (tertiary/aromatic N) is 3. The van der Waals surface area contributed by atoms with E-state index in [2.05, 4.69) is 11.4 Å². The SMILES string of the molecule is COc1ccc([C@@H]2C3=C(CCCC3=O)Nc3nc(-c4cccc(C)c4)nn32)cc1OC. The molecule has 158 valence electrons. The molecule has 7 nitrogen and oxygen atoms in total. The molecular formula is C24H24N4O3. The predicted molar refractivity (Wildman–Crippen MR) is 117 cm³/mol. The lowest BCUT2D eigenvalue weighted by molar-refractivity contribution is -0.116. The number of aromatic nitrogens is 3. The molecule has 2 aromatic carbocycles. The lowest BCUT2D eigenvalue weighted by atomic mass is 9.85. The number of methoxy groups -OCH3 is 2. The van der Waals surface area contributed by atoms with Gasteiger partial charge in [-0.3, -0.25) is 4.79 Å². The number of carbonyl (C=O) groups is 1. The molecule has 0 saturated carbocycles. The van der Waals surface area contributed by atoms with E-state index in [0.717, 1.165) is 40.8 Å². The highest BCUT2D eigenvalue weighted by atomic mass is 16.5. The molecule has 1 aromatic heterocycles. The van der Waals surface area contributed by atoms with Gasteiger partial charge in [0.25, 0.3) is 0 Å². The third-order valence-corrected chi connectivity index (χ3v) is 5.87. The Morgan fingerprint density at radius 3 is 2.68 bits per heavy atom. The van der Waals surface area contributed by atoms with Crippen LogP contribution in [0.25, 0.3) is 11.4 Å².